The molecule has 0 amide bonds. The molecule has 1 N–H and O–H groups in total. The van der Waals surface area contributed by atoms with E-state index in [9.17, 15) is 17.2 Å². The van der Waals surface area contributed by atoms with Crippen molar-refractivity contribution in [1.82, 2.24) is 9.62 Å². The minimum atomic E-state index is -3.74. The molecule has 2 fully saturated rings. The summed E-state index contributed by atoms with van der Waals surface area (Å²) in [5, 5.41) is 3.26. The quantitative estimate of drug-likeness (QED) is 0.893. The summed E-state index contributed by atoms with van der Waals surface area (Å²) in [5.74, 6) is -1.35. The van der Waals surface area contributed by atoms with Gasteiger partial charge in [-0.3, -0.25) is 0 Å². The number of hydrogen-bond acceptors (Lipinski definition) is 3. The monoisotopic (exact) mass is 302 g/mol. The molecule has 2 aliphatic heterocycles. The van der Waals surface area contributed by atoms with Crippen molar-refractivity contribution in [2.75, 3.05) is 26.2 Å². The van der Waals surface area contributed by atoms with Gasteiger partial charge in [0.1, 0.15) is 0 Å². The van der Waals surface area contributed by atoms with E-state index in [0.717, 1.165) is 37.7 Å². The predicted octanol–water partition coefficient (Wildman–Crippen LogP) is 1.19. The molecule has 110 valence electrons. The van der Waals surface area contributed by atoms with Gasteiger partial charge in [-0.2, -0.15) is 4.31 Å². The first-order chi connectivity index (χ1) is 9.48. The lowest BCUT2D eigenvalue weighted by Crippen LogP contribution is -2.43. The molecular weight excluding hydrogens is 286 g/mol. The molecular formula is C13H16F2N2O2S. The van der Waals surface area contributed by atoms with Crippen LogP contribution in [0.2, 0.25) is 0 Å². The van der Waals surface area contributed by atoms with Gasteiger partial charge < -0.3 is 5.32 Å². The van der Waals surface area contributed by atoms with Gasteiger partial charge in [0.15, 0.2) is 11.6 Å². The molecule has 0 spiro atoms. The third kappa shape index (κ3) is 2.34. The van der Waals surface area contributed by atoms with E-state index in [4.69, 9.17) is 0 Å². The van der Waals surface area contributed by atoms with Crippen LogP contribution in [-0.2, 0) is 10.0 Å². The molecule has 4 nitrogen and oxygen atoms in total. The fourth-order valence-electron chi connectivity index (χ4n) is 3.01. The highest BCUT2D eigenvalue weighted by Gasteiger charge is 2.37. The highest BCUT2D eigenvalue weighted by atomic mass is 32.2. The summed E-state index contributed by atoms with van der Waals surface area (Å²) in [6, 6.07) is 2.72. The molecule has 0 radical (unpaired) electrons. The molecule has 2 saturated heterocycles. The molecule has 3 rings (SSSR count). The maximum atomic E-state index is 13.2. The molecule has 0 bridgehead atoms. The van der Waals surface area contributed by atoms with Crippen molar-refractivity contribution >= 4 is 10.0 Å². The number of hydrogen-bond donors (Lipinski definition) is 1. The molecule has 2 unspecified atom stereocenters. The summed E-state index contributed by atoms with van der Waals surface area (Å²) >= 11 is 0. The maximum Gasteiger partial charge on any atom is 0.243 e. The van der Waals surface area contributed by atoms with Crippen molar-refractivity contribution in [3.05, 3.63) is 29.8 Å². The summed E-state index contributed by atoms with van der Waals surface area (Å²) in [4.78, 5) is -0.180. The van der Waals surface area contributed by atoms with Crippen LogP contribution in [-0.4, -0.2) is 38.9 Å². The summed E-state index contributed by atoms with van der Waals surface area (Å²) in [7, 11) is -3.74. The Balaban J connectivity index is 1.86. The zero-order valence-electron chi connectivity index (χ0n) is 10.9. The number of nitrogens with one attached hydrogen (secondary N) is 1. The Kier molecular flexibility index (Phi) is 3.51. The minimum Gasteiger partial charge on any atom is -0.316 e. The third-order valence-electron chi connectivity index (χ3n) is 4.20. The number of halogens is 2. The average Bonchev–Trinajstić information content (AvgIpc) is 2.89. The van der Waals surface area contributed by atoms with E-state index in [0.29, 0.717) is 24.9 Å². The molecule has 2 aliphatic rings. The van der Waals surface area contributed by atoms with Gasteiger partial charge in [-0.15, -0.1) is 0 Å². The first kappa shape index (κ1) is 13.9. The molecule has 2 atom stereocenters. The topological polar surface area (TPSA) is 49.4 Å². The summed E-state index contributed by atoms with van der Waals surface area (Å²) in [6.45, 7) is 2.63. The Morgan fingerprint density at radius 3 is 2.65 bits per heavy atom. The van der Waals surface area contributed by atoms with Crippen LogP contribution in [0.4, 0.5) is 8.78 Å². The van der Waals surface area contributed by atoms with Crippen molar-refractivity contribution in [3.63, 3.8) is 0 Å². The zero-order valence-corrected chi connectivity index (χ0v) is 11.7. The Hall–Kier alpha value is -1.05. The molecule has 0 saturated carbocycles. The van der Waals surface area contributed by atoms with E-state index < -0.39 is 21.7 Å². The second kappa shape index (κ2) is 5.05. The summed E-state index contributed by atoms with van der Waals surface area (Å²) in [6.07, 6.45) is 0.806. The van der Waals surface area contributed by atoms with Gasteiger partial charge in [0.25, 0.3) is 0 Å². The fourth-order valence-corrected chi connectivity index (χ4v) is 4.53. The van der Waals surface area contributed by atoms with Crippen LogP contribution in [0.1, 0.15) is 6.42 Å². The second-order valence-electron chi connectivity index (χ2n) is 5.41. The van der Waals surface area contributed by atoms with Gasteiger partial charge in [0.2, 0.25) is 10.0 Å². The lowest BCUT2D eigenvalue weighted by molar-refractivity contribution is 0.228. The van der Waals surface area contributed by atoms with Gasteiger partial charge in [-0.05, 0) is 49.5 Å². The molecule has 7 heteroatoms. The lowest BCUT2D eigenvalue weighted by atomic mass is 9.90. The maximum absolute atomic E-state index is 13.2. The van der Waals surface area contributed by atoms with Gasteiger partial charge >= 0.3 is 0 Å². The molecule has 1 aromatic rings. The van der Waals surface area contributed by atoms with Gasteiger partial charge in [-0.1, -0.05) is 0 Å². The lowest BCUT2D eigenvalue weighted by Gasteiger charge is -2.33. The van der Waals surface area contributed by atoms with E-state index in [1.54, 1.807) is 0 Å². The fraction of sp³-hybridized carbons (Fsp3) is 0.538. The summed E-state index contributed by atoms with van der Waals surface area (Å²) < 4.78 is 52.4. The van der Waals surface area contributed by atoms with Crippen LogP contribution in [0.3, 0.4) is 0 Å². The van der Waals surface area contributed by atoms with E-state index in [1.807, 2.05) is 0 Å². The highest BCUT2D eigenvalue weighted by Crippen LogP contribution is 2.30. The Labute approximate surface area is 116 Å². The standard InChI is InChI=1S/C13H16F2N2O2S/c14-12-2-1-11(5-13(12)15)20(18,19)17-4-3-9-6-16-7-10(9)8-17/h1-2,5,9-10,16H,3-4,6-8H2. The number of sulfonamides is 1. The largest absolute Gasteiger partial charge is 0.316 e. The molecule has 0 aromatic heterocycles. The average molecular weight is 302 g/mol. The number of piperidine rings is 1. The Morgan fingerprint density at radius 2 is 1.90 bits per heavy atom. The van der Waals surface area contributed by atoms with Crippen LogP contribution in [0.5, 0.6) is 0 Å². The SMILES string of the molecule is O=S(=O)(c1ccc(F)c(F)c1)N1CCC2CNCC2C1. The predicted molar refractivity (Wildman–Crippen MR) is 69.6 cm³/mol. The second-order valence-corrected chi connectivity index (χ2v) is 7.34. The zero-order chi connectivity index (χ0) is 14.3. The molecule has 0 aliphatic carbocycles. The molecule has 2 heterocycles. The number of fused-ring (bicyclic) bond motifs is 1. The van der Waals surface area contributed by atoms with Crippen molar-refractivity contribution in [2.45, 2.75) is 11.3 Å². The van der Waals surface area contributed by atoms with Crippen LogP contribution in [0, 0.1) is 23.5 Å². The first-order valence-electron chi connectivity index (χ1n) is 6.64. The van der Waals surface area contributed by atoms with Crippen LogP contribution in [0.15, 0.2) is 23.1 Å². The summed E-state index contributed by atoms with van der Waals surface area (Å²) in [5.41, 5.74) is 0. The first-order valence-corrected chi connectivity index (χ1v) is 8.08. The van der Waals surface area contributed by atoms with Crippen molar-refractivity contribution in [2.24, 2.45) is 11.8 Å². The van der Waals surface area contributed by atoms with E-state index in [1.165, 1.54) is 4.31 Å². The van der Waals surface area contributed by atoms with Crippen molar-refractivity contribution in [1.29, 1.82) is 0 Å². The van der Waals surface area contributed by atoms with Crippen LogP contribution >= 0.6 is 0 Å². The molecule has 20 heavy (non-hydrogen) atoms. The van der Waals surface area contributed by atoms with E-state index >= 15 is 0 Å². The number of rotatable bonds is 2. The normalized spacial score (nSPS) is 27.5. The van der Waals surface area contributed by atoms with Gasteiger partial charge in [-0.25, -0.2) is 17.2 Å². The van der Waals surface area contributed by atoms with Gasteiger partial charge in [0, 0.05) is 13.1 Å². The Bertz CT molecular complexity index is 621. The molecule has 1 aromatic carbocycles. The van der Waals surface area contributed by atoms with E-state index in [2.05, 4.69) is 5.32 Å². The van der Waals surface area contributed by atoms with Gasteiger partial charge in [0.05, 0.1) is 4.90 Å². The van der Waals surface area contributed by atoms with Crippen molar-refractivity contribution in [3.8, 4) is 0 Å². The Morgan fingerprint density at radius 1 is 1.15 bits per heavy atom. The third-order valence-corrected chi connectivity index (χ3v) is 6.06. The highest BCUT2D eigenvalue weighted by molar-refractivity contribution is 7.89. The van der Waals surface area contributed by atoms with E-state index in [-0.39, 0.29) is 4.90 Å². The van der Waals surface area contributed by atoms with Crippen LogP contribution < -0.4 is 5.32 Å². The van der Waals surface area contributed by atoms with Crippen LogP contribution in [0.25, 0.3) is 0 Å². The number of nitrogens with zero attached hydrogens (tertiary/aromatic N) is 1. The van der Waals surface area contributed by atoms with Crippen molar-refractivity contribution < 1.29 is 17.2 Å². The number of benzene rings is 1. The smallest absolute Gasteiger partial charge is 0.243 e. The minimum absolute atomic E-state index is 0.180.